The maximum absolute atomic E-state index is 11.9. The van der Waals surface area contributed by atoms with Gasteiger partial charge in [-0.15, -0.1) is 0 Å². The molecule has 0 fully saturated rings. The van der Waals surface area contributed by atoms with Crippen LogP contribution in [0.5, 0.6) is 0 Å². The molecule has 0 saturated heterocycles. The third-order valence-corrected chi connectivity index (χ3v) is 2.21. The first kappa shape index (κ1) is 13.8. The van der Waals surface area contributed by atoms with Crippen LogP contribution in [-0.2, 0) is 14.3 Å². The zero-order chi connectivity index (χ0) is 13.5. The summed E-state index contributed by atoms with van der Waals surface area (Å²) in [7, 11) is 0. The van der Waals surface area contributed by atoms with E-state index < -0.39 is 30.1 Å². The largest absolute Gasteiger partial charge is 0.481 e. The molecule has 1 heterocycles. The van der Waals surface area contributed by atoms with Gasteiger partial charge in [-0.1, -0.05) is 6.07 Å². The summed E-state index contributed by atoms with van der Waals surface area (Å²) >= 11 is 0. The van der Waals surface area contributed by atoms with Gasteiger partial charge in [-0.25, -0.2) is 0 Å². The highest BCUT2D eigenvalue weighted by atomic mass is 16.5. The SMILES string of the molecule is CCOC(=O)CC(C(=O)O)C(=O)c1ccccn1. The first-order valence-corrected chi connectivity index (χ1v) is 5.40. The molecule has 1 aromatic rings. The van der Waals surface area contributed by atoms with Gasteiger partial charge in [0.05, 0.1) is 13.0 Å². The lowest BCUT2D eigenvalue weighted by atomic mass is 9.98. The Balaban J connectivity index is 2.83. The Morgan fingerprint density at radius 1 is 1.39 bits per heavy atom. The Kier molecular flexibility index (Phi) is 4.98. The number of carbonyl (C=O) groups is 3. The number of Topliss-reactive ketones (excluding diaryl/α,β-unsaturated/α-hetero) is 1. The van der Waals surface area contributed by atoms with Crippen molar-refractivity contribution < 1.29 is 24.2 Å². The van der Waals surface area contributed by atoms with Gasteiger partial charge in [0.1, 0.15) is 11.6 Å². The zero-order valence-electron chi connectivity index (χ0n) is 9.83. The number of carbonyl (C=O) groups excluding carboxylic acids is 2. The van der Waals surface area contributed by atoms with Gasteiger partial charge in [-0.2, -0.15) is 0 Å². The predicted molar refractivity (Wildman–Crippen MR) is 60.9 cm³/mol. The summed E-state index contributed by atoms with van der Waals surface area (Å²) in [6.07, 6.45) is 0.898. The van der Waals surface area contributed by atoms with E-state index in [2.05, 4.69) is 9.72 Å². The van der Waals surface area contributed by atoms with Crippen LogP contribution in [0, 0.1) is 5.92 Å². The molecule has 1 unspecified atom stereocenters. The fourth-order valence-electron chi connectivity index (χ4n) is 1.37. The Labute approximate surface area is 104 Å². The average Bonchev–Trinajstić information content (AvgIpc) is 2.36. The molecule has 0 aliphatic carbocycles. The molecule has 96 valence electrons. The number of rotatable bonds is 6. The Morgan fingerprint density at radius 2 is 2.11 bits per heavy atom. The van der Waals surface area contributed by atoms with E-state index >= 15 is 0 Å². The third-order valence-electron chi connectivity index (χ3n) is 2.21. The van der Waals surface area contributed by atoms with Crippen LogP contribution >= 0.6 is 0 Å². The van der Waals surface area contributed by atoms with Crippen molar-refractivity contribution >= 4 is 17.7 Å². The summed E-state index contributed by atoms with van der Waals surface area (Å²) in [6, 6.07) is 4.59. The first-order chi connectivity index (χ1) is 8.56. The lowest BCUT2D eigenvalue weighted by molar-refractivity contribution is -0.149. The molecule has 0 amide bonds. The van der Waals surface area contributed by atoms with Crippen LogP contribution in [-0.4, -0.2) is 34.4 Å². The van der Waals surface area contributed by atoms with Crippen LogP contribution in [0.1, 0.15) is 23.8 Å². The monoisotopic (exact) mass is 251 g/mol. The quantitative estimate of drug-likeness (QED) is 0.459. The predicted octanol–water partition coefficient (Wildman–Crippen LogP) is 0.918. The Bertz CT molecular complexity index is 443. The summed E-state index contributed by atoms with van der Waals surface area (Å²) in [5.74, 6) is -4.23. The van der Waals surface area contributed by atoms with Crippen molar-refractivity contribution in [3.63, 3.8) is 0 Å². The second-order valence-electron chi connectivity index (χ2n) is 3.48. The summed E-state index contributed by atoms with van der Waals surface area (Å²) in [5.41, 5.74) is 0.0224. The highest BCUT2D eigenvalue weighted by Crippen LogP contribution is 2.12. The molecule has 1 N–H and O–H groups in total. The van der Waals surface area contributed by atoms with Crippen molar-refractivity contribution in [1.29, 1.82) is 0 Å². The molecule has 1 atom stereocenters. The second kappa shape index (κ2) is 6.48. The maximum atomic E-state index is 11.9. The molecule has 6 heteroatoms. The van der Waals surface area contributed by atoms with Crippen LogP contribution in [0.2, 0.25) is 0 Å². The standard InChI is InChI=1S/C12H13NO5/c1-2-18-10(14)7-8(12(16)17)11(15)9-5-3-4-6-13-9/h3-6,8H,2,7H2,1H3,(H,16,17). The van der Waals surface area contributed by atoms with Crippen molar-refractivity contribution in [1.82, 2.24) is 4.98 Å². The van der Waals surface area contributed by atoms with Gasteiger partial charge in [0.25, 0.3) is 0 Å². The number of ketones is 1. The number of pyridine rings is 1. The van der Waals surface area contributed by atoms with Crippen molar-refractivity contribution in [3.8, 4) is 0 Å². The summed E-state index contributed by atoms with van der Waals surface area (Å²) < 4.78 is 4.63. The van der Waals surface area contributed by atoms with Gasteiger partial charge in [0.15, 0.2) is 5.78 Å². The van der Waals surface area contributed by atoms with E-state index in [0.717, 1.165) is 0 Å². The van der Waals surface area contributed by atoms with Crippen LogP contribution in [0.15, 0.2) is 24.4 Å². The van der Waals surface area contributed by atoms with Gasteiger partial charge in [0.2, 0.25) is 0 Å². The lowest BCUT2D eigenvalue weighted by Crippen LogP contribution is -2.28. The minimum Gasteiger partial charge on any atom is -0.481 e. The summed E-state index contributed by atoms with van der Waals surface area (Å²) in [5, 5.41) is 8.97. The lowest BCUT2D eigenvalue weighted by Gasteiger charge is -2.09. The van der Waals surface area contributed by atoms with E-state index in [4.69, 9.17) is 5.11 Å². The highest BCUT2D eigenvalue weighted by Gasteiger charge is 2.31. The number of carboxylic acids is 1. The number of esters is 1. The fourth-order valence-corrected chi connectivity index (χ4v) is 1.37. The number of carboxylic acid groups (broad SMARTS) is 1. The topological polar surface area (TPSA) is 93.6 Å². The normalized spacial score (nSPS) is 11.6. The Hall–Kier alpha value is -2.24. The average molecular weight is 251 g/mol. The molecule has 0 saturated carbocycles. The zero-order valence-corrected chi connectivity index (χ0v) is 9.83. The third kappa shape index (κ3) is 3.65. The number of nitrogens with zero attached hydrogens (tertiary/aromatic N) is 1. The van der Waals surface area contributed by atoms with E-state index in [-0.39, 0.29) is 12.3 Å². The van der Waals surface area contributed by atoms with Gasteiger partial charge < -0.3 is 9.84 Å². The highest BCUT2D eigenvalue weighted by molar-refractivity contribution is 6.08. The van der Waals surface area contributed by atoms with E-state index in [1.807, 2.05) is 0 Å². The van der Waals surface area contributed by atoms with E-state index in [0.29, 0.717) is 0 Å². The van der Waals surface area contributed by atoms with E-state index in [1.165, 1.54) is 12.3 Å². The smallest absolute Gasteiger partial charge is 0.315 e. The molecule has 18 heavy (non-hydrogen) atoms. The number of ether oxygens (including phenoxy) is 1. The van der Waals surface area contributed by atoms with Crippen molar-refractivity contribution in [2.24, 2.45) is 5.92 Å². The van der Waals surface area contributed by atoms with Gasteiger partial charge in [-0.05, 0) is 19.1 Å². The molecular weight excluding hydrogens is 238 g/mol. The van der Waals surface area contributed by atoms with Crippen molar-refractivity contribution in [2.45, 2.75) is 13.3 Å². The molecule has 0 radical (unpaired) electrons. The number of hydrogen-bond donors (Lipinski definition) is 1. The number of hydrogen-bond acceptors (Lipinski definition) is 5. The molecule has 0 aromatic carbocycles. The second-order valence-corrected chi connectivity index (χ2v) is 3.48. The number of aliphatic carboxylic acids is 1. The Morgan fingerprint density at radius 3 is 2.61 bits per heavy atom. The minimum absolute atomic E-state index is 0.0224. The van der Waals surface area contributed by atoms with Crippen LogP contribution in [0.25, 0.3) is 0 Å². The van der Waals surface area contributed by atoms with Gasteiger partial charge in [0, 0.05) is 6.20 Å². The molecule has 0 aliphatic rings. The summed E-state index contributed by atoms with van der Waals surface area (Å²) in [6.45, 7) is 1.75. The maximum Gasteiger partial charge on any atom is 0.315 e. The summed E-state index contributed by atoms with van der Waals surface area (Å²) in [4.78, 5) is 37.9. The molecular formula is C12H13NO5. The van der Waals surface area contributed by atoms with Crippen molar-refractivity contribution in [2.75, 3.05) is 6.61 Å². The van der Waals surface area contributed by atoms with Crippen LogP contribution in [0.3, 0.4) is 0 Å². The molecule has 1 aromatic heterocycles. The first-order valence-electron chi connectivity index (χ1n) is 5.40. The molecule has 6 nitrogen and oxygen atoms in total. The molecule has 0 aliphatic heterocycles. The van der Waals surface area contributed by atoms with Crippen LogP contribution < -0.4 is 0 Å². The minimum atomic E-state index is -1.46. The van der Waals surface area contributed by atoms with E-state index in [9.17, 15) is 14.4 Å². The molecule has 1 rings (SSSR count). The molecule has 0 spiro atoms. The van der Waals surface area contributed by atoms with Gasteiger partial charge >= 0.3 is 11.9 Å². The van der Waals surface area contributed by atoms with E-state index in [1.54, 1.807) is 19.1 Å². The fraction of sp³-hybridized carbons (Fsp3) is 0.333. The number of aromatic nitrogens is 1. The molecule has 0 bridgehead atoms. The van der Waals surface area contributed by atoms with Crippen LogP contribution in [0.4, 0.5) is 0 Å². The van der Waals surface area contributed by atoms with Crippen molar-refractivity contribution in [3.05, 3.63) is 30.1 Å². The van der Waals surface area contributed by atoms with Gasteiger partial charge in [-0.3, -0.25) is 19.4 Å².